The third kappa shape index (κ3) is 5.04. The van der Waals surface area contributed by atoms with Gasteiger partial charge in [-0.1, -0.05) is 5.16 Å². The van der Waals surface area contributed by atoms with Crippen LogP contribution in [0.2, 0.25) is 0 Å². The number of ether oxygens (including phenoxy) is 1. The number of aliphatic carboxylic acids is 1. The molecule has 1 amide bonds. The Bertz CT molecular complexity index is 455. The summed E-state index contributed by atoms with van der Waals surface area (Å²) >= 11 is 0. The molecule has 0 spiro atoms. The molecule has 0 saturated heterocycles. The van der Waals surface area contributed by atoms with Gasteiger partial charge < -0.3 is 19.7 Å². The minimum atomic E-state index is -1.01. The number of nitrogens with zero attached hydrogens (tertiary/aromatic N) is 2. The van der Waals surface area contributed by atoms with Crippen LogP contribution in [0.4, 0.5) is 0 Å². The fourth-order valence-corrected chi connectivity index (χ4v) is 1.08. The van der Waals surface area contributed by atoms with E-state index >= 15 is 0 Å². The highest BCUT2D eigenvalue weighted by Gasteiger charge is 2.27. The molecule has 0 radical (unpaired) electrons. The van der Waals surface area contributed by atoms with E-state index in [1.165, 1.54) is 13.8 Å². The second-order valence-electron chi connectivity index (χ2n) is 4.69. The fraction of sp³-hybridized carbons (Fsp3) is 0.636. The zero-order chi connectivity index (χ0) is 14.5. The number of aryl methyl sites for hydroxylation is 1. The van der Waals surface area contributed by atoms with Gasteiger partial charge in [0.1, 0.15) is 13.2 Å². The molecule has 0 atom stereocenters. The topological polar surface area (TPSA) is 115 Å². The van der Waals surface area contributed by atoms with Crippen molar-refractivity contribution in [2.75, 3.05) is 13.2 Å². The highest BCUT2D eigenvalue weighted by molar-refractivity contribution is 5.79. The van der Waals surface area contributed by atoms with Crippen molar-refractivity contribution in [1.82, 2.24) is 15.5 Å². The van der Waals surface area contributed by atoms with Gasteiger partial charge in [-0.15, -0.1) is 0 Å². The number of carbonyl (C=O) groups excluding carboxylic acids is 1. The summed E-state index contributed by atoms with van der Waals surface area (Å²) in [5.74, 6) is -0.594. The molecule has 106 valence electrons. The number of hydrogen-bond acceptors (Lipinski definition) is 6. The number of nitrogens with one attached hydrogen (secondary N) is 1. The minimum Gasteiger partial charge on any atom is -0.481 e. The summed E-state index contributed by atoms with van der Waals surface area (Å²) in [6.07, 6.45) is 0. The number of hydrogen-bond donors (Lipinski definition) is 2. The van der Waals surface area contributed by atoms with Gasteiger partial charge in [-0.2, -0.15) is 4.98 Å². The van der Waals surface area contributed by atoms with Crippen molar-refractivity contribution >= 4 is 11.9 Å². The molecule has 0 bridgehead atoms. The summed E-state index contributed by atoms with van der Waals surface area (Å²) in [5, 5.41) is 14.9. The van der Waals surface area contributed by atoms with Crippen molar-refractivity contribution in [1.29, 1.82) is 0 Å². The van der Waals surface area contributed by atoms with Crippen LogP contribution in [0.15, 0.2) is 4.52 Å². The Hall–Kier alpha value is -1.96. The summed E-state index contributed by atoms with van der Waals surface area (Å²) in [6.45, 7) is 4.60. The summed E-state index contributed by atoms with van der Waals surface area (Å²) in [7, 11) is 0. The number of rotatable bonds is 7. The standard InChI is InChI=1S/C11H17N3O5/c1-7-13-9(19-14-7)5-18-4-8(15)12-6-11(2,3)10(16)17/h4-6H2,1-3H3,(H,12,15)(H,16,17). The Kier molecular flexibility index (Phi) is 4.99. The van der Waals surface area contributed by atoms with Crippen LogP contribution in [0.1, 0.15) is 25.6 Å². The van der Waals surface area contributed by atoms with Gasteiger partial charge in [-0.25, -0.2) is 0 Å². The lowest BCUT2D eigenvalue weighted by atomic mass is 9.94. The van der Waals surface area contributed by atoms with Crippen LogP contribution >= 0.6 is 0 Å². The molecule has 1 rings (SSSR count). The second kappa shape index (κ2) is 6.28. The van der Waals surface area contributed by atoms with Gasteiger partial charge in [0, 0.05) is 6.54 Å². The summed E-state index contributed by atoms with van der Waals surface area (Å²) in [4.78, 5) is 26.1. The first-order valence-electron chi connectivity index (χ1n) is 5.68. The lowest BCUT2D eigenvalue weighted by molar-refractivity contribution is -0.146. The number of carboxylic acid groups (broad SMARTS) is 1. The van der Waals surface area contributed by atoms with Crippen LogP contribution in [0.25, 0.3) is 0 Å². The molecule has 0 aliphatic heterocycles. The first-order valence-corrected chi connectivity index (χ1v) is 5.68. The molecule has 0 fully saturated rings. The normalized spacial score (nSPS) is 11.3. The Morgan fingerprint density at radius 1 is 1.47 bits per heavy atom. The number of aromatic nitrogens is 2. The molecule has 0 saturated carbocycles. The summed E-state index contributed by atoms with van der Waals surface area (Å²) in [6, 6.07) is 0. The Morgan fingerprint density at radius 3 is 2.68 bits per heavy atom. The highest BCUT2D eigenvalue weighted by atomic mass is 16.5. The van der Waals surface area contributed by atoms with Crippen molar-refractivity contribution < 1.29 is 24.0 Å². The highest BCUT2D eigenvalue weighted by Crippen LogP contribution is 2.12. The van der Waals surface area contributed by atoms with E-state index in [-0.39, 0.29) is 25.6 Å². The van der Waals surface area contributed by atoms with E-state index in [0.29, 0.717) is 5.82 Å². The van der Waals surface area contributed by atoms with Gasteiger partial charge >= 0.3 is 5.97 Å². The van der Waals surface area contributed by atoms with Crippen molar-refractivity contribution in [3.05, 3.63) is 11.7 Å². The number of amides is 1. The third-order valence-electron chi connectivity index (χ3n) is 2.33. The zero-order valence-corrected chi connectivity index (χ0v) is 11.1. The van der Waals surface area contributed by atoms with E-state index in [9.17, 15) is 9.59 Å². The Labute approximate surface area is 110 Å². The first-order chi connectivity index (χ1) is 8.81. The maximum absolute atomic E-state index is 11.4. The van der Waals surface area contributed by atoms with Crippen molar-refractivity contribution in [3.8, 4) is 0 Å². The van der Waals surface area contributed by atoms with Crippen LogP contribution in [0, 0.1) is 12.3 Å². The summed E-state index contributed by atoms with van der Waals surface area (Å²) in [5.41, 5.74) is -1.01. The Morgan fingerprint density at radius 2 is 2.16 bits per heavy atom. The molecule has 0 aliphatic carbocycles. The monoisotopic (exact) mass is 271 g/mol. The molecule has 1 aromatic heterocycles. The Balaban J connectivity index is 2.23. The van der Waals surface area contributed by atoms with Crippen molar-refractivity contribution in [2.45, 2.75) is 27.4 Å². The SMILES string of the molecule is Cc1noc(COCC(=O)NCC(C)(C)C(=O)O)n1. The average Bonchev–Trinajstić information content (AvgIpc) is 2.72. The quantitative estimate of drug-likeness (QED) is 0.723. The van der Waals surface area contributed by atoms with Crippen LogP contribution < -0.4 is 5.32 Å². The van der Waals surface area contributed by atoms with E-state index in [1.54, 1.807) is 6.92 Å². The first kappa shape index (κ1) is 15.1. The molecule has 0 aromatic carbocycles. The van der Waals surface area contributed by atoms with Gasteiger partial charge in [0.25, 0.3) is 5.89 Å². The third-order valence-corrected chi connectivity index (χ3v) is 2.33. The van der Waals surface area contributed by atoms with Crippen LogP contribution in [0.5, 0.6) is 0 Å². The van der Waals surface area contributed by atoms with Crippen LogP contribution in [-0.2, 0) is 20.9 Å². The van der Waals surface area contributed by atoms with Gasteiger partial charge in [0.15, 0.2) is 5.82 Å². The minimum absolute atomic E-state index is 0.0319. The largest absolute Gasteiger partial charge is 0.481 e. The molecular formula is C11H17N3O5. The van der Waals surface area contributed by atoms with Gasteiger partial charge in [-0.3, -0.25) is 9.59 Å². The number of carbonyl (C=O) groups is 2. The van der Waals surface area contributed by atoms with E-state index in [1.807, 2.05) is 0 Å². The maximum atomic E-state index is 11.4. The van der Waals surface area contributed by atoms with E-state index in [4.69, 9.17) is 14.4 Å². The summed E-state index contributed by atoms with van der Waals surface area (Å²) < 4.78 is 9.86. The van der Waals surface area contributed by atoms with Crippen LogP contribution in [0.3, 0.4) is 0 Å². The van der Waals surface area contributed by atoms with E-state index < -0.39 is 17.3 Å². The lowest BCUT2D eigenvalue weighted by Gasteiger charge is -2.19. The van der Waals surface area contributed by atoms with Gasteiger partial charge in [0.2, 0.25) is 5.91 Å². The molecule has 19 heavy (non-hydrogen) atoms. The van der Waals surface area contributed by atoms with Crippen LogP contribution in [-0.4, -0.2) is 40.3 Å². The predicted molar refractivity (Wildman–Crippen MR) is 63.1 cm³/mol. The molecule has 8 heteroatoms. The average molecular weight is 271 g/mol. The second-order valence-corrected chi connectivity index (χ2v) is 4.69. The lowest BCUT2D eigenvalue weighted by Crippen LogP contribution is -2.40. The van der Waals surface area contributed by atoms with Crippen molar-refractivity contribution in [3.63, 3.8) is 0 Å². The molecule has 1 aromatic rings. The van der Waals surface area contributed by atoms with E-state index in [2.05, 4.69) is 15.5 Å². The maximum Gasteiger partial charge on any atom is 0.310 e. The number of carboxylic acids is 1. The molecule has 2 N–H and O–H groups in total. The van der Waals surface area contributed by atoms with E-state index in [0.717, 1.165) is 0 Å². The molecule has 1 heterocycles. The smallest absolute Gasteiger partial charge is 0.310 e. The molecular weight excluding hydrogens is 254 g/mol. The zero-order valence-electron chi connectivity index (χ0n) is 11.1. The predicted octanol–water partition coefficient (Wildman–Crippen LogP) is 0.122. The molecule has 8 nitrogen and oxygen atoms in total. The van der Waals surface area contributed by atoms with Gasteiger partial charge in [0.05, 0.1) is 5.41 Å². The molecule has 0 unspecified atom stereocenters. The van der Waals surface area contributed by atoms with Gasteiger partial charge in [-0.05, 0) is 20.8 Å². The molecule has 0 aliphatic rings. The fourth-order valence-electron chi connectivity index (χ4n) is 1.08. The van der Waals surface area contributed by atoms with Crippen molar-refractivity contribution in [2.24, 2.45) is 5.41 Å².